The smallest absolute Gasteiger partial charge is 0.271 e. The molecule has 1 atom stereocenters. The summed E-state index contributed by atoms with van der Waals surface area (Å²) < 4.78 is 16.5. The zero-order chi connectivity index (χ0) is 19.1. The highest BCUT2D eigenvalue weighted by molar-refractivity contribution is 5.79. The van der Waals surface area contributed by atoms with Crippen LogP contribution in [0.3, 0.4) is 0 Å². The maximum atomic E-state index is 12.4. The third-order valence-corrected chi connectivity index (χ3v) is 3.86. The van der Waals surface area contributed by atoms with Gasteiger partial charge in [-0.05, 0) is 31.2 Å². The largest absolute Gasteiger partial charge is 0.497 e. The van der Waals surface area contributed by atoms with Gasteiger partial charge in [-0.2, -0.15) is 5.10 Å². The van der Waals surface area contributed by atoms with Gasteiger partial charge in [0.2, 0.25) is 5.91 Å². The first-order valence-corrected chi connectivity index (χ1v) is 8.10. The second-order valence-electron chi connectivity index (χ2n) is 5.53. The monoisotopic (exact) mass is 361 g/mol. The summed E-state index contributed by atoms with van der Waals surface area (Å²) in [6, 6.07) is 7.73. The van der Waals surface area contributed by atoms with E-state index in [4.69, 9.17) is 14.2 Å². The van der Waals surface area contributed by atoms with Crippen LogP contribution in [0.25, 0.3) is 11.3 Å². The lowest BCUT2D eigenvalue weighted by Gasteiger charge is -2.16. The molecule has 1 heterocycles. The minimum absolute atomic E-state index is 0.317. The van der Waals surface area contributed by atoms with Gasteiger partial charge in [-0.1, -0.05) is 0 Å². The highest BCUT2D eigenvalue weighted by atomic mass is 16.5. The van der Waals surface area contributed by atoms with Crippen LogP contribution in [0, 0.1) is 0 Å². The van der Waals surface area contributed by atoms with Crippen molar-refractivity contribution in [2.45, 2.75) is 13.0 Å². The van der Waals surface area contributed by atoms with Gasteiger partial charge < -0.3 is 19.5 Å². The molecular formula is C18H23N3O5. The number of rotatable bonds is 8. The molecule has 26 heavy (non-hydrogen) atoms. The van der Waals surface area contributed by atoms with E-state index < -0.39 is 11.6 Å². The van der Waals surface area contributed by atoms with E-state index >= 15 is 0 Å². The Hall–Kier alpha value is -2.87. The maximum absolute atomic E-state index is 12.4. The summed E-state index contributed by atoms with van der Waals surface area (Å²) >= 11 is 0. The summed E-state index contributed by atoms with van der Waals surface area (Å²) in [4.78, 5) is 24.6. The van der Waals surface area contributed by atoms with Gasteiger partial charge in [0.25, 0.3) is 5.56 Å². The van der Waals surface area contributed by atoms with Crippen molar-refractivity contribution in [2.75, 3.05) is 34.5 Å². The zero-order valence-corrected chi connectivity index (χ0v) is 15.3. The van der Waals surface area contributed by atoms with Crippen LogP contribution in [0.1, 0.15) is 13.0 Å². The minimum Gasteiger partial charge on any atom is -0.497 e. The fourth-order valence-corrected chi connectivity index (χ4v) is 2.37. The molecule has 0 spiro atoms. The first-order chi connectivity index (χ1) is 12.5. The van der Waals surface area contributed by atoms with Crippen LogP contribution in [0.5, 0.6) is 11.5 Å². The van der Waals surface area contributed by atoms with E-state index in [0.717, 1.165) is 10.2 Å². The minimum atomic E-state index is -0.776. The molecule has 1 aromatic heterocycles. The number of carbonyl (C=O) groups is 1. The molecule has 0 saturated carbocycles. The van der Waals surface area contributed by atoms with Gasteiger partial charge in [0.1, 0.15) is 17.5 Å². The number of hydrogen-bond acceptors (Lipinski definition) is 6. The fraction of sp³-hybridized carbons (Fsp3) is 0.389. The molecule has 0 aliphatic heterocycles. The van der Waals surface area contributed by atoms with Crippen molar-refractivity contribution in [3.8, 4) is 22.8 Å². The summed E-state index contributed by atoms with van der Waals surface area (Å²) in [5, 5.41) is 7.06. The first-order valence-electron chi connectivity index (χ1n) is 8.10. The summed E-state index contributed by atoms with van der Waals surface area (Å²) in [7, 11) is 4.60. The number of aromatic nitrogens is 2. The van der Waals surface area contributed by atoms with Crippen molar-refractivity contribution < 1.29 is 19.0 Å². The third kappa shape index (κ3) is 4.40. The molecule has 140 valence electrons. The predicted molar refractivity (Wildman–Crippen MR) is 96.6 cm³/mol. The van der Waals surface area contributed by atoms with Gasteiger partial charge in [0, 0.05) is 25.3 Å². The van der Waals surface area contributed by atoms with Gasteiger partial charge in [-0.3, -0.25) is 9.59 Å². The Balaban J connectivity index is 2.38. The molecule has 0 aliphatic rings. The summed E-state index contributed by atoms with van der Waals surface area (Å²) in [6.45, 7) is 2.36. The highest BCUT2D eigenvalue weighted by Crippen LogP contribution is 2.28. The number of benzene rings is 1. The van der Waals surface area contributed by atoms with Crippen molar-refractivity contribution in [3.05, 3.63) is 40.7 Å². The average molecular weight is 361 g/mol. The van der Waals surface area contributed by atoms with Crippen LogP contribution in [-0.2, 0) is 9.53 Å². The number of nitrogens with one attached hydrogen (secondary N) is 1. The van der Waals surface area contributed by atoms with Crippen LogP contribution >= 0.6 is 0 Å². The Bertz CT molecular complexity index is 801. The van der Waals surface area contributed by atoms with E-state index in [1.54, 1.807) is 33.3 Å². The number of amides is 1. The number of methoxy groups -OCH3 is 3. The fourth-order valence-electron chi connectivity index (χ4n) is 2.37. The predicted octanol–water partition coefficient (Wildman–Crippen LogP) is 1.25. The van der Waals surface area contributed by atoms with Crippen molar-refractivity contribution in [2.24, 2.45) is 0 Å². The van der Waals surface area contributed by atoms with Gasteiger partial charge in [-0.15, -0.1) is 0 Å². The summed E-state index contributed by atoms with van der Waals surface area (Å²) in [5.74, 6) is 0.720. The third-order valence-electron chi connectivity index (χ3n) is 3.86. The van der Waals surface area contributed by atoms with Crippen LogP contribution in [0.2, 0.25) is 0 Å². The van der Waals surface area contributed by atoms with Crippen LogP contribution in [0.15, 0.2) is 35.1 Å². The molecule has 1 N–H and O–H groups in total. The summed E-state index contributed by atoms with van der Waals surface area (Å²) in [6.07, 6.45) is 0. The second-order valence-corrected chi connectivity index (χ2v) is 5.53. The zero-order valence-electron chi connectivity index (χ0n) is 15.3. The second kappa shape index (κ2) is 9.00. The Morgan fingerprint density at radius 1 is 1.19 bits per heavy atom. The lowest BCUT2D eigenvalue weighted by atomic mass is 10.1. The van der Waals surface area contributed by atoms with Crippen molar-refractivity contribution in [1.29, 1.82) is 0 Å². The quantitative estimate of drug-likeness (QED) is 0.712. The van der Waals surface area contributed by atoms with Crippen LogP contribution in [0.4, 0.5) is 0 Å². The van der Waals surface area contributed by atoms with E-state index in [2.05, 4.69) is 10.4 Å². The normalized spacial score (nSPS) is 11.7. The van der Waals surface area contributed by atoms with E-state index in [0.29, 0.717) is 30.3 Å². The molecule has 1 aromatic carbocycles. The molecule has 0 radical (unpaired) electrons. The number of hydrogen-bond donors (Lipinski definition) is 1. The molecule has 2 rings (SSSR count). The van der Waals surface area contributed by atoms with E-state index in [9.17, 15) is 9.59 Å². The topological polar surface area (TPSA) is 91.7 Å². The van der Waals surface area contributed by atoms with Gasteiger partial charge in [0.15, 0.2) is 5.75 Å². The maximum Gasteiger partial charge on any atom is 0.271 e. The Kier molecular flexibility index (Phi) is 6.74. The molecule has 0 aliphatic carbocycles. The van der Waals surface area contributed by atoms with E-state index in [1.165, 1.54) is 13.2 Å². The lowest BCUT2D eigenvalue weighted by molar-refractivity contribution is -0.124. The molecule has 0 saturated heterocycles. The molecule has 8 nitrogen and oxygen atoms in total. The molecule has 0 bridgehead atoms. The van der Waals surface area contributed by atoms with Gasteiger partial charge >= 0.3 is 0 Å². The number of nitrogens with zero attached hydrogens (tertiary/aromatic N) is 2. The Labute approximate surface area is 151 Å². The average Bonchev–Trinajstić information content (AvgIpc) is 2.67. The van der Waals surface area contributed by atoms with Crippen molar-refractivity contribution >= 4 is 5.91 Å². The molecule has 2 aromatic rings. The SMILES string of the molecule is COCCNC(=O)[C@@H](C)n1nc(-c2ccc(OC)cc2)c(OC)cc1=O. The lowest BCUT2D eigenvalue weighted by Crippen LogP contribution is -2.38. The molecular weight excluding hydrogens is 338 g/mol. The van der Waals surface area contributed by atoms with Crippen LogP contribution in [-0.4, -0.2) is 50.2 Å². The van der Waals surface area contributed by atoms with E-state index in [1.807, 2.05) is 12.1 Å². The summed E-state index contributed by atoms with van der Waals surface area (Å²) in [5.41, 5.74) is 0.781. The Morgan fingerprint density at radius 3 is 2.46 bits per heavy atom. The highest BCUT2D eigenvalue weighted by Gasteiger charge is 2.20. The van der Waals surface area contributed by atoms with Crippen molar-refractivity contribution in [3.63, 3.8) is 0 Å². The molecule has 1 amide bonds. The number of carbonyl (C=O) groups excluding carboxylic acids is 1. The standard InChI is InChI=1S/C18H23N3O5/c1-12(18(23)19-9-10-24-2)21-16(22)11-15(26-4)17(20-21)13-5-7-14(25-3)8-6-13/h5-8,11-12H,9-10H2,1-4H3,(H,19,23)/t12-/m1/s1. The van der Waals surface area contributed by atoms with E-state index in [-0.39, 0.29) is 5.91 Å². The number of ether oxygens (including phenoxy) is 3. The first kappa shape index (κ1) is 19.5. The van der Waals surface area contributed by atoms with Crippen LogP contribution < -0.4 is 20.3 Å². The molecule has 0 unspecified atom stereocenters. The van der Waals surface area contributed by atoms with Crippen molar-refractivity contribution in [1.82, 2.24) is 15.1 Å². The van der Waals surface area contributed by atoms with Gasteiger partial charge in [0.05, 0.1) is 20.8 Å². The molecule has 0 fully saturated rings. The molecule has 8 heteroatoms. The van der Waals surface area contributed by atoms with Gasteiger partial charge in [-0.25, -0.2) is 4.68 Å². The Morgan fingerprint density at radius 2 is 1.88 bits per heavy atom.